The minimum Gasteiger partial charge on any atom is -0.490 e. The quantitative estimate of drug-likeness (QED) is 0.477. The molecule has 0 spiro atoms. The summed E-state index contributed by atoms with van der Waals surface area (Å²) in [5.41, 5.74) is -0.130. The highest BCUT2D eigenvalue weighted by atomic mass is 35.5. The lowest BCUT2D eigenvalue weighted by Gasteiger charge is -2.33. The van der Waals surface area contributed by atoms with E-state index < -0.39 is 22.0 Å². The number of benzene rings is 2. The van der Waals surface area contributed by atoms with Crippen molar-refractivity contribution >= 4 is 50.7 Å². The number of hydrogen-bond donors (Lipinski definition) is 3. The van der Waals surface area contributed by atoms with Crippen molar-refractivity contribution in [1.82, 2.24) is 10.2 Å². The molecule has 2 aromatic rings. The summed E-state index contributed by atoms with van der Waals surface area (Å²) < 4.78 is 29.5. The van der Waals surface area contributed by atoms with Crippen molar-refractivity contribution in [2.75, 3.05) is 26.2 Å². The number of carbonyl (C=O) groups excluding carboxylic acids is 1. The molecule has 0 radical (unpaired) electrons. The van der Waals surface area contributed by atoms with E-state index in [0.717, 1.165) is 18.9 Å². The van der Waals surface area contributed by atoms with Crippen molar-refractivity contribution in [2.24, 2.45) is 5.14 Å². The third kappa shape index (κ3) is 7.45. The van der Waals surface area contributed by atoms with E-state index in [-0.39, 0.29) is 28.1 Å². The Balaban J connectivity index is 1.46. The molecule has 33 heavy (non-hydrogen) atoms. The maximum absolute atomic E-state index is 12.4. The summed E-state index contributed by atoms with van der Waals surface area (Å²) in [5, 5.41) is 19.1. The van der Waals surface area contributed by atoms with Crippen LogP contribution in [-0.2, 0) is 10.0 Å². The first-order valence-electron chi connectivity index (χ1n) is 10.2. The summed E-state index contributed by atoms with van der Waals surface area (Å²) in [5.74, 6) is -0.00451. The van der Waals surface area contributed by atoms with Gasteiger partial charge in [-0.05, 0) is 43.2 Å². The van der Waals surface area contributed by atoms with Gasteiger partial charge in [0.2, 0.25) is 10.0 Å². The van der Waals surface area contributed by atoms with Gasteiger partial charge in [-0.2, -0.15) is 0 Å². The van der Waals surface area contributed by atoms with E-state index in [1.54, 1.807) is 18.2 Å². The predicted molar refractivity (Wildman–Crippen MR) is 128 cm³/mol. The average Bonchev–Trinajstić information content (AvgIpc) is 2.75. The van der Waals surface area contributed by atoms with E-state index in [4.69, 9.17) is 44.7 Å². The molecule has 1 unspecified atom stereocenters. The summed E-state index contributed by atoms with van der Waals surface area (Å²) in [4.78, 5) is 14.2. The number of amides is 1. The highest BCUT2D eigenvalue weighted by Crippen LogP contribution is 2.28. The van der Waals surface area contributed by atoms with Crippen LogP contribution in [-0.4, -0.2) is 62.7 Å². The lowest BCUT2D eigenvalue weighted by molar-refractivity contribution is 0.0593. The molecular weight excluding hydrogens is 513 g/mol. The van der Waals surface area contributed by atoms with E-state index in [0.29, 0.717) is 35.4 Å². The fourth-order valence-corrected chi connectivity index (χ4v) is 4.82. The number of nitrogens with one attached hydrogen (secondary N) is 1. The van der Waals surface area contributed by atoms with Crippen LogP contribution in [0.1, 0.15) is 23.2 Å². The first-order valence-corrected chi connectivity index (χ1v) is 12.8. The third-order valence-corrected chi connectivity index (χ3v) is 7.12. The number of ether oxygens (including phenoxy) is 1. The summed E-state index contributed by atoms with van der Waals surface area (Å²) in [6, 6.07) is 8.94. The molecule has 0 bridgehead atoms. The van der Waals surface area contributed by atoms with Crippen LogP contribution in [0.25, 0.3) is 0 Å². The first kappa shape index (κ1) is 26.0. The molecule has 0 saturated carbocycles. The van der Waals surface area contributed by atoms with Gasteiger partial charge in [0, 0.05) is 37.3 Å². The van der Waals surface area contributed by atoms with Crippen molar-refractivity contribution in [3.05, 3.63) is 57.0 Å². The van der Waals surface area contributed by atoms with E-state index >= 15 is 0 Å². The van der Waals surface area contributed by atoms with E-state index in [9.17, 15) is 18.3 Å². The molecule has 1 atom stereocenters. The zero-order chi connectivity index (χ0) is 24.2. The van der Waals surface area contributed by atoms with Gasteiger partial charge in [0.25, 0.3) is 5.91 Å². The molecule has 12 heteroatoms. The van der Waals surface area contributed by atoms with Gasteiger partial charge >= 0.3 is 0 Å². The molecule has 0 aromatic heterocycles. The van der Waals surface area contributed by atoms with Crippen LogP contribution < -0.4 is 15.2 Å². The Morgan fingerprint density at radius 1 is 1.15 bits per heavy atom. The summed E-state index contributed by atoms with van der Waals surface area (Å²) in [6.45, 7) is 1.72. The van der Waals surface area contributed by atoms with E-state index in [2.05, 4.69) is 10.2 Å². The van der Waals surface area contributed by atoms with Crippen molar-refractivity contribution in [3.63, 3.8) is 0 Å². The molecule has 2 aromatic carbocycles. The van der Waals surface area contributed by atoms with Crippen LogP contribution in [0, 0.1) is 0 Å². The lowest BCUT2D eigenvalue weighted by atomic mass is 10.1. The number of aliphatic hydroxyl groups is 1. The fraction of sp³-hybridized carbons (Fsp3) is 0.381. The largest absolute Gasteiger partial charge is 0.490 e. The molecule has 1 saturated heterocycles. The maximum atomic E-state index is 12.4. The van der Waals surface area contributed by atoms with Crippen LogP contribution in [0.3, 0.4) is 0 Å². The Hall–Kier alpha value is -1.59. The fourth-order valence-electron chi connectivity index (χ4n) is 3.54. The monoisotopic (exact) mass is 535 g/mol. The number of carbonyl (C=O) groups is 1. The van der Waals surface area contributed by atoms with Crippen LogP contribution in [0.5, 0.6) is 5.75 Å². The topological polar surface area (TPSA) is 122 Å². The van der Waals surface area contributed by atoms with Gasteiger partial charge in [-0.3, -0.25) is 4.79 Å². The van der Waals surface area contributed by atoms with Crippen molar-refractivity contribution < 1.29 is 23.1 Å². The highest BCUT2D eigenvalue weighted by Gasteiger charge is 2.24. The number of sulfonamides is 1. The van der Waals surface area contributed by atoms with Gasteiger partial charge in [0.15, 0.2) is 0 Å². The van der Waals surface area contributed by atoms with Gasteiger partial charge < -0.3 is 20.1 Å². The molecule has 1 aliphatic heterocycles. The number of hydrogen-bond acceptors (Lipinski definition) is 6. The molecule has 1 aliphatic rings. The van der Waals surface area contributed by atoms with Gasteiger partial charge in [0.05, 0.1) is 26.6 Å². The molecule has 180 valence electrons. The van der Waals surface area contributed by atoms with Gasteiger partial charge in [-0.25, -0.2) is 13.6 Å². The number of nitrogens with zero attached hydrogens (tertiary/aromatic N) is 1. The Bertz CT molecular complexity index is 1110. The Kier molecular flexibility index (Phi) is 8.85. The molecule has 4 N–H and O–H groups in total. The summed E-state index contributed by atoms with van der Waals surface area (Å²) >= 11 is 17.8. The predicted octanol–water partition coefficient (Wildman–Crippen LogP) is 2.93. The smallest absolute Gasteiger partial charge is 0.252 e. The van der Waals surface area contributed by atoms with Crippen LogP contribution in [0.15, 0.2) is 41.3 Å². The van der Waals surface area contributed by atoms with Gasteiger partial charge in [0.1, 0.15) is 11.9 Å². The average molecular weight is 537 g/mol. The zero-order valence-corrected chi connectivity index (χ0v) is 20.6. The number of rotatable bonds is 8. The summed E-state index contributed by atoms with van der Waals surface area (Å²) in [7, 11) is -4.14. The third-order valence-electron chi connectivity index (χ3n) is 5.19. The van der Waals surface area contributed by atoms with Crippen molar-refractivity contribution in [1.29, 1.82) is 0 Å². The Morgan fingerprint density at radius 2 is 1.85 bits per heavy atom. The van der Waals surface area contributed by atoms with Crippen molar-refractivity contribution in [2.45, 2.75) is 29.9 Å². The molecular formula is C21H24Cl3N3O5S. The number of primary sulfonamides is 1. The second kappa shape index (κ2) is 11.2. The number of β-amino-alcohol motifs (C(OH)–C–C–N with tert-alkyl or cyclic N) is 1. The molecule has 1 amide bonds. The van der Waals surface area contributed by atoms with E-state index in [1.807, 2.05) is 0 Å². The number of halogens is 3. The minimum absolute atomic E-state index is 0.0249. The maximum Gasteiger partial charge on any atom is 0.252 e. The van der Waals surface area contributed by atoms with Gasteiger partial charge in [-0.1, -0.05) is 34.8 Å². The molecule has 8 nitrogen and oxygen atoms in total. The van der Waals surface area contributed by atoms with E-state index in [1.165, 1.54) is 12.1 Å². The van der Waals surface area contributed by atoms with Crippen LogP contribution in [0.4, 0.5) is 0 Å². The number of nitrogens with two attached hydrogens (primary N) is 1. The molecule has 1 heterocycles. The number of aliphatic hydroxyl groups excluding tert-OH is 1. The normalized spacial score (nSPS) is 16.4. The Morgan fingerprint density at radius 3 is 2.48 bits per heavy atom. The first-order chi connectivity index (χ1) is 15.5. The van der Waals surface area contributed by atoms with Gasteiger partial charge in [-0.15, -0.1) is 0 Å². The lowest BCUT2D eigenvalue weighted by Crippen LogP contribution is -2.45. The minimum atomic E-state index is -4.14. The molecule has 0 aliphatic carbocycles. The van der Waals surface area contributed by atoms with Crippen LogP contribution >= 0.6 is 34.8 Å². The standard InChI is InChI=1S/C21H24Cl3N3O5S/c22-13-1-3-17(20(9-13)33(25,30)31)21(29)26-11-14(28)12-27-7-5-15(6-8-27)32-16-2-4-18(23)19(24)10-16/h1-4,9-10,14-15,28H,5-8,11-12H2,(H,26,29)(H2,25,30,31). The number of piperidine rings is 1. The van der Waals surface area contributed by atoms with Crippen molar-refractivity contribution in [3.8, 4) is 5.75 Å². The Labute approximate surface area is 207 Å². The SMILES string of the molecule is NS(=O)(=O)c1cc(Cl)ccc1C(=O)NCC(O)CN1CCC(Oc2ccc(Cl)c(Cl)c2)CC1. The zero-order valence-electron chi connectivity index (χ0n) is 17.5. The summed E-state index contributed by atoms with van der Waals surface area (Å²) in [6.07, 6.45) is 0.715. The molecule has 1 fully saturated rings. The molecule has 3 rings (SSSR count). The highest BCUT2D eigenvalue weighted by molar-refractivity contribution is 7.89. The van der Waals surface area contributed by atoms with Crippen LogP contribution in [0.2, 0.25) is 15.1 Å². The second-order valence-electron chi connectivity index (χ2n) is 7.74. The number of likely N-dealkylation sites (tertiary alicyclic amines) is 1. The second-order valence-corrected chi connectivity index (χ2v) is 10.5.